The second kappa shape index (κ2) is 13.5. The van der Waals surface area contributed by atoms with Crippen molar-refractivity contribution < 1.29 is 42.1 Å². The van der Waals surface area contributed by atoms with Crippen LogP contribution in [0.2, 0.25) is 4.22 Å². The summed E-state index contributed by atoms with van der Waals surface area (Å²) in [5.74, 6) is -1.43. The second-order valence-electron chi connectivity index (χ2n) is 13.7. The zero-order valence-electron chi connectivity index (χ0n) is 25.0. The second-order valence-corrected chi connectivity index (χ2v) is 17.5. The van der Waals surface area contributed by atoms with Crippen LogP contribution in [-0.4, -0.2) is 17.9 Å². The van der Waals surface area contributed by atoms with Crippen molar-refractivity contribution in [2.24, 2.45) is 17.8 Å². The number of fused-ring (bicyclic) bond motifs is 1. The Balaban J connectivity index is 1.42. The minimum atomic E-state index is -4.94. The molecule has 3 saturated carbocycles. The molecule has 0 unspecified atom stereocenters. The molecule has 7 heteroatoms. The molecule has 6 aliphatic rings. The molecule has 0 aromatic carbocycles. The third-order valence-corrected chi connectivity index (χ3v) is 15.4. The van der Waals surface area contributed by atoms with Gasteiger partial charge in [-0.1, -0.05) is 0 Å². The van der Waals surface area contributed by atoms with E-state index < -0.39 is 17.8 Å². The van der Waals surface area contributed by atoms with Crippen molar-refractivity contribution >= 4 is 17.9 Å². The van der Waals surface area contributed by atoms with Gasteiger partial charge in [-0.3, -0.25) is 0 Å². The molecule has 3 fully saturated rings. The van der Waals surface area contributed by atoms with E-state index >= 15 is 0 Å². The summed E-state index contributed by atoms with van der Waals surface area (Å²) in [5.41, 5.74) is 5.41. The van der Waals surface area contributed by atoms with E-state index in [1.54, 1.807) is 0 Å². The first-order valence-corrected chi connectivity index (χ1v) is 20.0. The number of carbonyl (C=O) groups is 3. The fraction of sp³-hybridized carbons (Fsp3) is 0.794. The number of carbonyl (C=O) groups excluding carboxylic acids is 3. The normalized spacial score (nSPS) is 25.5. The van der Waals surface area contributed by atoms with Gasteiger partial charge in [0, 0.05) is 0 Å². The molecule has 6 nitrogen and oxygen atoms in total. The molecular weight excluding hydrogens is 552 g/mol. The van der Waals surface area contributed by atoms with Crippen molar-refractivity contribution in [2.45, 2.75) is 152 Å². The van der Waals surface area contributed by atoms with Crippen LogP contribution in [-0.2, 0) is 42.1 Å². The monoisotopic (exact) mass is 602 g/mol. The van der Waals surface area contributed by atoms with Crippen LogP contribution in [0.1, 0.15) is 148 Å². The van der Waals surface area contributed by atoms with E-state index in [0.29, 0.717) is 0 Å². The average molecular weight is 603 g/mol. The Bertz CT molecular complexity index is 946. The van der Waals surface area contributed by atoms with Gasteiger partial charge in [-0.25, -0.2) is 0 Å². The fourth-order valence-electron chi connectivity index (χ4n) is 8.75. The van der Waals surface area contributed by atoms with Gasteiger partial charge in [0.05, 0.1) is 0 Å². The Hall–Kier alpha value is -1.40. The number of hydrogen-bond donors (Lipinski definition) is 0. The summed E-state index contributed by atoms with van der Waals surface area (Å²) in [6, 6.07) is 0. The quantitative estimate of drug-likeness (QED) is 0.271. The zero-order valence-corrected chi connectivity index (χ0v) is 26.6. The van der Waals surface area contributed by atoms with Gasteiger partial charge in [0.25, 0.3) is 0 Å². The van der Waals surface area contributed by atoms with Gasteiger partial charge in [-0.05, 0) is 0 Å². The van der Waals surface area contributed by atoms with Crippen LogP contribution in [0.15, 0.2) is 22.3 Å². The van der Waals surface area contributed by atoms with E-state index in [1.165, 1.54) is 22.3 Å². The first-order chi connectivity index (χ1) is 20.1. The average Bonchev–Trinajstić information content (AvgIpc) is 3.37. The number of rotatable bonds is 7. The van der Waals surface area contributed by atoms with Gasteiger partial charge in [0.2, 0.25) is 0 Å². The Kier molecular flexibility index (Phi) is 9.76. The minimum absolute atomic E-state index is 0.198. The van der Waals surface area contributed by atoms with E-state index in [4.69, 9.17) is 9.96 Å². The molecule has 226 valence electrons. The third-order valence-electron chi connectivity index (χ3n) is 11.0. The summed E-state index contributed by atoms with van der Waals surface area (Å²) in [6.45, 7) is 0. The predicted octanol–water partition coefficient (Wildman–Crippen LogP) is 8.80. The summed E-state index contributed by atoms with van der Waals surface area (Å²) in [5, 5.41) is 0. The molecule has 0 bridgehead atoms. The van der Waals surface area contributed by atoms with Gasteiger partial charge in [0.1, 0.15) is 0 Å². The van der Waals surface area contributed by atoms with Crippen molar-refractivity contribution in [1.82, 2.24) is 0 Å². The van der Waals surface area contributed by atoms with Gasteiger partial charge in [-0.15, -0.1) is 0 Å². The van der Waals surface area contributed by atoms with E-state index in [2.05, 4.69) is 0 Å². The summed E-state index contributed by atoms with van der Waals surface area (Å²) in [4.78, 5) is 42.0. The van der Waals surface area contributed by atoms with Crippen molar-refractivity contribution in [3.8, 4) is 0 Å². The number of allylic oxidation sites excluding steroid dienone is 4. The molecule has 0 aromatic heterocycles. The molecule has 0 radical (unpaired) electrons. The SMILES string of the molecule is O=C([O][Ti]([O]C(=O)C1CCCCC1)([O]C(=O)C1CCCCC1)[CH]1C2=C(CCCC2)C2=C1CCCC2)C1CCCCC1. The van der Waals surface area contributed by atoms with E-state index in [9.17, 15) is 14.4 Å². The van der Waals surface area contributed by atoms with Crippen LogP contribution in [0.25, 0.3) is 0 Å². The van der Waals surface area contributed by atoms with Crippen molar-refractivity contribution in [3.63, 3.8) is 0 Å². The summed E-state index contributed by atoms with van der Waals surface area (Å²) in [7, 11) is 0. The van der Waals surface area contributed by atoms with E-state index in [-0.39, 0.29) is 39.9 Å². The van der Waals surface area contributed by atoms with E-state index in [0.717, 1.165) is 148 Å². The fourth-order valence-corrected chi connectivity index (χ4v) is 13.9. The summed E-state index contributed by atoms with van der Waals surface area (Å²) in [6.07, 6.45) is 22.7. The van der Waals surface area contributed by atoms with Gasteiger partial charge in [-0.2, -0.15) is 0 Å². The molecule has 0 spiro atoms. The molecular formula is C34H50O6Ti. The van der Waals surface area contributed by atoms with Gasteiger partial charge < -0.3 is 0 Å². The third kappa shape index (κ3) is 6.44. The molecule has 0 amide bonds. The molecule has 6 rings (SSSR count). The maximum absolute atomic E-state index is 14.0. The maximum atomic E-state index is 14.0. The molecule has 0 N–H and O–H groups in total. The first-order valence-electron chi connectivity index (χ1n) is 17.2. The Morgan fingerprint density at radius 1 is 0.439 bits per heavy atom. The predicted molar refractivity (Wildman–Crippen MR) is 153 cm³/mol. The topological polar surface area (TPSA) is 78.9 Å². The van der Waals surface area contributed by atoms with Gasteiger partial charge >= 0.3 is 252 Å². The van der Waals surface area contributed by atoms with Crippen LogP contribution in [0, 0.1) is 17.8 Å². The molecule has 0 heterocycles. The molecule has 0 atom stereocenters. The van der Waals surface area contributed by atoms with Crippen LogP contribution in [0.4, 0.5) is 0 Å². The van der Waals surface area contributed by atoms with Crippen molar-refractivity contribution in [1.29, 1.82) is 0 Å². The van der Waals surface area contributed by atoms with Crippen LogP contribution in [0.3, 0.4) is 0 Å². The zero-order chi connectivity index (χ0) is 28.2. The Labute approximate surface area is 251 Å². The van der Waals surface area contributed by atoms with Gasteiger partial charge in [0.15, 0.2) is 0 Å². The summed E-state index contributed by atoms with van der Waals surface area (Å²) < 4.78 is 19.7. The Morgan fingerprint density at radius 2 is 0.756 bits per heavy atom. The molecule has 0 saturated heterocycles. The first kappa shape index (κ1) is 29.7. The van der Waals surface area contributed by atoms with Crippen LogP contribution in [0.5, 0.6) is 0 Å². The molecule has 41 heavy (non-hydrogen) atoms. The number of hydrogen-bond acceptors (Lipinski definition) is 6. The van der Waals surface area contributed by atoms with Crippen molar-refractivity contribution in [3.05, 3.63) is 22.3 Å². The van der Waals surface area contributed by atoms with E-state index in [1.807, 2.05) is 0 Å². The molecule has 0 aromatic rings. The Morgan fingerprint density at radius 3 is 1.10 bits per heavy atom. The van der Waals surface area contributed by atoms with Crippen LogP contribution < -0.4 is 0 Å². The van der Waals surface area contributed by atoms with Crippen LogP contribution >= 0.6 is 0 Å². The molecule has 0 aliphatic heterocycles. The molecule has 6 aliphatic carbocycles. The summed E-state index contributed by atoms with van der Waals surface area (Å²) >= 11 is -4.94. The van der Waals surface area contributed by atoms with Crippen molar-refractivity contribution in [2.75, 3.05) is 0 Å². The standard InChI is InChI=1S/C13H17.3C7H12O2.Ti/c1-3-7-12-10(5-1)9-11-6-2-4-8-13(11)12;3*8-7(9)6-4-2-1-3-5-6;/h9H,1-8H2;3*6H,1-5H2,(H,8,9);/q;;;;+3/p-3.